The van der Waals surface area contributed by atoms with Crippen LogP contribution in [0.15, 0.2) is 53.1 Å². The number of ether oxygens (including phenoxy) is 1. The Balaban J connectivity index is 1.55. The van der Waals surface area contributed by atoms with Crippen molar-refractivity contribution in [2.24, 2.45) is 0 Å². The normalized spacial score (nSPS) is 11.8. The van der Waals surface area contributed by atoms with E-state index in [9.17, 15) is 4.79 Å². The molecule has 7 heteroatoms. The molecule has 0 saturated heterocycles. The third-order valence-corrected chi connectivity index (χ3v) is 4.65. The molecule has 28 heavy (non-hydrogen) atoms. The van der Waals surface area contributed by atoms with Crippen LogP contribution in [-0.2, 0) is 11.2 Å². The number of hydrogen-bond acceptors (Lipinski definition) is 5. The second kappa shape index (κ2) is 9.37. The lowest BCUT2D eigenvalue weighted by Gasteiger charge is -2.17. The molecule has 0 aliphatic carbocycles. The molecule has 6 nitrogen and oxygen atoms in total. The molecule has 0 aliphatic heterocycles. The van der Waals surface area contributed by atoms with Crippen molar-refractivity contribution in [1.82, 2.24) is 15.5 Å². The van der Waals surface area contributed by atoms with E-state index >= 15 is 0 Å². The van der Waals surface area contributed by atoms with Gasteiger partial charge < -0.3 is 14.6 Å². The van der Waals surface area contributed by atoms with Crippen LogP contribution < -0.4 is 10.1 Å². The molecule has 1 aromatic heterocycles. The minimum atomic E-state index is -0.0612. The largest absolute Gasteiger partial charge is 0.497 e. The van der Waals surface area contributed by atoms with E-state index in [4.69, 9.17) is 20.9 Å². The number of nitrogens with zero attached hydrogens (tertiary/aromatic N) is 2. The molecule has 1 unspecified atom stereocenters. The van der Waals surface area contributed by atoms with Gasteiger partial charge in [-0.05, 0) is 48.4 Å². The van der Waals surface area contributed by atoms with Gasteiger partial charge in [0, 0.05) is 23.4 Å². The van der Waals surface area contributed by atoms with Crippen LogP contribution in [0.4, 0.5) is 0 Å². The number of rotatable bonds is 8. The molecule has 3 aromatic rings. The third kappa shape index (κ3) is 5.10. The van der Waals surface area contributed by atoms with Crippen molar-refractivity contribution in [3.05, 3.63) is 65.0 Å². The Morgan fingerprint density at radius 3 is 2.54 bits per heavy atom. The highest BCUT2D eigenvalue weighted by Gasteiger charge is 2.15. The summed E-state index contributed by atoms with van der Waals surface area (Å²) in [5.74, 6) is 1.64. The van der Waals surface area contributed by atoms with Gasteiger partial charge in [-0.15, -0.1) is 0 Å². The highest BCUT2D eigenvalue weighted by molar-refractivity contribution is 6.30. The molecular formula is C21H22ClN3O3. The minimum Gasteiger partial charge on any atom is -0.497 e. The number of amides is 1. The zero-order valence-electron chi connectivity index (χ0n) is 15.8. The lowest BCUT2D eigenvalue weighted by Crippen LogP contribution is -2.28. The first-order chi connectivity index (χ1) is 13.6. The highest BCUT2D eigenvalue weighted by Crippen LogP contribution is 2.21. The molecule has 1 heterocycles. The first-order valence-corrected chi connectivity index (χ1v) is 9.48. The Hall–Kier alpha value is -2.86. The molecule has 1 amide bonds. The van der Waals surface area contributed by atoms with Gasteiger partial charge >= 0.3 is 0 Å². The van der Waals surface area contributed by atoms with E-state index in [0.29, 0.717) is 23.2 Å². The third-order valence-electron chi connectivity index (χ3n) is 4.40. The van der Waals surface area contributed by atoms with Crippen molar-refractivity contribution in [3.63, 3.8) is 0 Å². The number of carbonyl (C=O) groups is 1. The molecule has 0 aliphatic rings. The topological polar surface area (TPSA) is 77.3 Å². The Labute approximate surface area is 168 Å². The van der Waals surface area contributed by atoms with E-state index in [1.165, 1.54) is 0 Å². The summed E-state index contributed by atoms with van der Waals surface area (Å²) in [7, 11) is 1.63. The fourth-order valence-electron chi connectivity index (χ4n) is 2.82. The average Bonchev–Trinajstić information content (AvgIpc) is 3.20. The predicted octanol–water partition coefficient (Wildman–Crippen LogP) is 4.60. The Bertz CT molecular complexity index is 907. The zero-order chi connectivity index (χ0) is 19.9. The zero-order valence-corrected chi connectivity index (χ0v) is 16.6. The van der Waals surface area contributed by atoms with Gasteiger partial charge in [-0.25, -0.2) is 0 Å². The van der Waals surface area contributed by atoms with Crippen molar-refractivity contribution in [3.8, 4) is 17.1 Å². The van der Waals surface area contributed by atoms with Gasteiger partial charge in [0.25, 0.3) is 0 Å². The van der Waals surface area contributed by atoms with E-state index in [0.717, 1.165) is 23.3 Å². The molecule has 0 bridgehead atoms. The van der Waals surface area contributed by atoms with Crippen molar-refractivity contribution in [2.45, 2.75) is 32.2 Å². The van der Waals surface area contributed by atoms with Crippen molar-refractivity contribution < 1.29 is 14.1 Å². The molecule has 1 atom stereocenters. The predicted molar refractivity (Wildman–Crippen MR) is 107 cm³/mol. The Morgan fingerprint density at radius 1 is 1.18 bits per heavy atom. The summed E-state index contributed by atoms with van der Waals surface area (Å²) in [4.78, 5) is 16.7. The summed E-state index contributed by atoms with van der Waals surface area (Å²) in [6.07, 6.45) is 1.44. The van der Waals surface area contributed by atoms with Crippen molar-refractivity contribution >= 4 is 17.5 Å². The SMILES string of the molecule is CCC(NC(=O)CCc1nc(-c2ccc(Cl)cc2)no1)c1ccc(OC)cc1. The minimum absolute atomic E-state index is 0.0503. The fourth-order valence-corrected chi connectivity index (χ4v) is 2.94. The van der Waals surface area contributed by atoms with Crippen LogP contribution in [-0.4, -0.2) is 23.2 Å². The first-order valence-electron chi connectivity index (χ1n) is 9.11. The molecule has 0 spiro atoms. The van der Waals surface area contributed by atoms with Crippen LogP contribution in [0.2, 0.25) is 5.02 Å². The Morgan fingerprint density at radius 2 is 1.89 bits per heavy atom. The summed E-state index contributed by atoms with van der Waals surface area (Å²) >= 11 is 5.89. The number of nitrogens with one attached hydrogen (secondary N) is 1. The summed E-state index contributed by atoms with van der Waals surface area (Å²) in [6.45, 7) is 2.03. The van der Waals surface area contributed by atoms with Gasteiger partial charge in [0.15, 0.2) is 0 Å². The fraction of sp³-hybridized carbons (Fsp3) is 0.286. The van der Waals surface area contributed by atoms with Gasteiger partial charge in [0.1, 0.15) is 5.75 Å². The van der Waals surface area contributed by atoms with Crippen LogP contribution in [0.25, 0.3) is 11.4 Å². The van der Waals surface area contributed by atoms with Crippen LogP contribution in [0, 0.1) is 0 Å². The number of aromatic nitrogens is 2. The van der Waals surface area contributed by atoms with Crippen LogP contribution in [0.3, 0.4) is 0 Å². The maximum atomic E-state index is 12.4. The number of halogens is 1. The lowest BCUT2D eigenvalue weighted by molar-refractivity contribution is -0.121. The summed E-state index contributed by atoms with van der Waals surface area (Å²) in [5, 5.41) is 7.66. The standard InChI is InChI=1S/C21H22ClN3O3/c1-3-18(14-6-10-17(27-2)11-7-14)23-19(26)12-13-20-24-21(25-28-20)15-4-8-16(22)9-5-15/h4-11,18H,3,12-13H2,1-2H3,(H,23,26). The number of methoxy groups -OCH3 is 1. The van der Waals surface area contributed by atoms with Crippen LogP contribution in [0.1, 0.15) is 37.3 Å². The number of benzene rings is 2. The smallest absolute Gasteiger partial charge is 0.227 e. The second-order valence-corrected chi connectivity index (χ2v) is 6.76. The highest BCUT2D eigenvalue weighted by atomic mass is 35.5. The molecule has 3 rings (SSSR count). The number of carbonyl (C=O) groups excluding carboxylic acids is 1. The van der Waals surface area contributed by atoms with E-state index < -0.39 is 0 Å². The molecule has 0 fully saturated rings. The van der Waals surface area contributed by atoms with E-state index in [1.54, 1.807) is 19.2 Å². The number of hydrogen-bond donors (Lipinski definition) is 1. The van der Waals surface area contributed by atoms with Gasteiger partial charge in [-0.3, -0.25) is 4.79 Å². The summed E-state index contributed by atoms with van der Waals surface area (Å²) < 4.78 is 10.4. The van der Waals surface area contributed by atoms with E-state index in [2.05, 4.69) is 15.5 Å². The van der Waals surface area contributed by atoms with Crippen molar-refractivity contribution in [1.29, 1.82) is 0 Å². The molecule has 2 aromatic carbocycles. The molecule has 1 N–H and O–H groups in total. The molecular weight excluding hydrogens is 378 g/mol. The van der Waals surface area contributed by atoms with E-state index in [-0.39, 0.29) is 18.4 Å². The van der Waals surface area contributed by atoms with Gasteiger partial charge in [0.05, 0.1) is 13.2 Å². The molecule has 146 valence electrons. The average molecular weight is 400 g/mol. The quantitative estimate of drug-likeness (QED) is 0.599. The van der Waals surface area contributed by atoms with Gasteiger partial charge in [0.2, 0.25) is 17.6 Å². The van der Waals surface area contributed by atoms with Crippen LogP contribution >= 0.6 is 11.6 Å². The van der Waals surface area contributed by atoms with Crippen molar-refractivity contribution in [2.75, 3.05) is 7.11 Å². The maximum absolute atomic E-state index is 12.4. The summed E-state index contributed by atoms with van der Waals surface area (Å²) in [5.41, 5.74) is 1.86. The molecule has 0 saturated carbocycles. The maximum Gasteiger partial charge on any atom is 0.227 e. The van der Waals surface area contributed by atoms with Crippen LogP contribution in [0.5, 0.6) is 5.75 Å². The van der Waals surface area contributed by atoms with Gasteiger partial charge in [-0.2, -0.15) is 4.98 Å². The summed E-state index contributed by atoms with van der Waals surface area (Å²) in [6, 6.07) is 14.8. The molecule has 0 radical (unpaired) electrons. The Kier molecular flexibility index (Phi) is 6.66. The monoisotopic (exact) mass is 399 g/mol. The van der Waals surface area contributed by atoms with E-state index in [1.807, 2.05) is 43.3 Å². The first kappa shape index (κ1) is 19.9. The van der Waals surface area contributed by atoms with Gasteiger partial charge in [-0.1, -0.05) is 35.8 Å². The lowest BCUT2D eigenvalue weighted by atomic mass is 10.0. The number of aryl methyl sites for hydroxylation is 1. The second-order valence-electron chi connectivity index (χ2n) is 6.32.